The van der Waals surface area contributed by atoms with Crippen molar-refractivity contribution >= 4 is 24.1 Å². The molecule has 0 aliphatic rings. The van der Waals surface area contributed by atoms with Crippen LogP contribution in [0.2, 0.25) is 0 Å². The number of carboxylic acid groups (broad SMARTS) is 2. The minimum atomic E-state index is -0.959. The second-order valence-electron chi connectivity index (χ2n) is 3.29. The summed E-state index contributed by atoms with van der Waals surface area (Å²) < 4.78 is 0. The van der Waals surface area contributed by atoms with Crippen molar-refractivity contribution in [2.75, 3.05) is 0 Å². The second-order valence-corrected chi connectivity index (χ2v) is 3.29. The van der Waals surface area contributed by atoms with Gasteiger partial charge in [-0.25, -0.2) is 20.4 Å². The Bertz CT molecular complexity index is 299. The number of aliphatic carboxylic acids is 2. The maximum absolute atomic E-state index is 10.4. The van der Waals surface area contributed by atoms with Crippen molar-refractivity contribution in [3.63, 3.8) is 0 Å². The fraction of sp³-hybridized carbons (Fsp3) is 0.556. The number of carbonyl (C=O) groups excluding carboxylic acids is 2. The molecule has 0 aliphatic heterocycles. The van der Waals surface area contributed by atoms with Gasteiger partial charge in [-0.1, -0.05) is 0 Å². The highest BCUT2D eigenvalue weighted by atomic mass is 16.4. The normalized spacial score (nSPS) is 8.12. The largest absolute Gasteiger partial charge is 0.481 e. The van der Waals surface area contributed by atoms with Gasteiger partial charge in [0.15, 0.2) is 0 Å². The zero-order chi connectivity index (χ0) is 14.5. The number of carboxylic acids is 2. The highest BCUT2D eigenvalue weighted by Gasteiger charge is 2.27. The average molecular weight is 246 g/mol. The lowest BCUT2D eigenvalue weighted by atomic mass is 9.88. The molecule has 17 heavy (non-hydrogen) atoms. The Kier molecular flexibility index (Phi) is 14.0. The van der Waals surface area contributed by atoms with Gasteiger partial charge in [0.25, 0.3) is 0 Å². The van der Waals surface area contributed by atoms with Crippen molar-refractivity contribution in [3.8, 4) is 0 Å². The molecule has 0 radical (unpaired) electrons. The van der Waals surface area contributed by atoms with Crippen LogP contribution in [0.5, 0.6) is 0 Å². The van der Waals surface area contributed by atoms with Crippen LogP contribution in [0.15, 0.2) is 0 Å². The summed E-state index contributed by atoms with van der Waals surface area (Å²) in [4.78, 5) is 37.2. The van der Waals surface area contributed by atoms with E-state index in [9.17, 15) is 9.59 Å². The van der Waals surface area contributed by atoms with E-state index in [0.717, 1.165) is 12.2 Å². The number of nitrogens with one attached hydrogen (secondary N) is 2. The lowest BCUT2D eigenvalue weighted by Gasteiger charge is -2.16. The molecule has 0 fully saturated rings. The molecule has 0 atom stereocenters. The molecule has 0 saturated carbocycles. The zero-order valence-corrected chi connectivity index (χ0v) is 9.44. The van der Waals surface area contributed by atoms with E-state index < -0.39 is 17.4 Å². The molecule has 0 amide bonds. The van der Waals surface area contributed by atoms with Gasteiger partial charge < -0.3 is 10.2 Å². The number of hydrogen-bond acceptors (Lipinski definition) is 6. The molecule has 0 bridgehead atoms. The van der Waals surface area contributed by atoms with Gasteiger partial charge in [-0.05, 0) is 20.3 Å². The molecule has 8 heteroatoms. The summed E-state index contributed by atoms with van der Waals surface area (Å²) in [5, 5.41) is 27.6. The van der Waals surface area contributed by atoms with Crippen LogP contribution in [-0.4, -0.2) is 34.3 Å². The standard InChI is InChI=1S/C7H12O4.2CHNO/c1-7(2,6(10)11)4-3-5(8)9;2*2-1-3/h3-4H2,1-2H3,(H,8,9)(H,10,11);2*2H. The molecule has 0 heterocycles. The molecule has 96 valence electrons. The van der Waals surface area contributed by atoms with Gasteiger partial charge in [0.2, 0.25) is 12.2 Å². The third-order valence-corrected chi connectivity index (χ3v) is 1.54. The van der Waals surface area contributed by atoms with Crippen molar-refractivity contribution in [3.05, 3.63) is 0 Å². The molecule has 0 aromatic rings. The molecule has 0 rings (SSSR count). The summed E-state index contributed by atoms with van der Waals surface area (Å²) in [7, 11) is 0. The van der Waals surface area contributed by atoms with Crippen molar-refractivity contribution < 1.29 is 29.4 Å². The third kappa shape index (κ3) is 19.9. The van der Waals surface area contributed by atoms with Gasteiger partial charge in [0, 0.05) is 6.42 Å². The first kappa shape index (κ1) is 20.2. The van der Waals surface area contributed by atoms with Crippen LogP contribution >= 0.6 is 0 Å². The van der Waals surface area contributed by atoms with Gasteiger partial charge in [-0.15, -0.1) is 0 Å². The van der Waals surface area contributed by atoms with Gasteiger partial charge in [-0.2, -0.15) is 0 Å². The topological polar surface area (TPSA) is 156 Å². The Labute approximate surface area is 97.3 Å². The molecule has 0 aromatic carbocycles. The minimum absolute atomic E-state index is 0.0979. The fourth-order valence-electron chi connectivity index (χ4n) is 0.526. The molecule has 0 unspecified atom stereocenters. The molecule has 4 N–H and O–H groups in total. The van der Waals surface area contributed by atoms with Gasteiger partial charge in [0.05, 0.1) is 5.41 Å². The first-order chi connectivity index (χ1) is 7.69. The molecule has 0 spiro atoms. The van der Waals surface area contributed by atoms with E-state index in [1.165, 1.54) is 13.8 Å². The first-order valence-electron chi connectivity index (χ1n) is 4.22. The van der Waals surface area contributed by atoms with Crippen LogP contribution in [0, 0.1) is 16.2 Å². The number of carbonyl (C=O) groups is 2. The highest BCUT2D eigenvalue weighted by molar-refractivity contribution is 5.75. The third-order valence-electron chi connectivity index (χ3n) is 1.54. The number of hydrogen-bond donors (Lipinski definition) is 4. The molecule has 8 nitrogen and oxygen atoms in total. The lowest BCUT2D eigenvalue weighted by Crippen LogP contribution is -2.24. The van der Waals surface area contributed by atoms with Gasteiger partial charge in [-0.3, -0.25) is 9.59 Å². The van der Waals surface area contributed by atoms with E-state index in [-0.39, 0.29) is 12.8 Å². The van der Waals surface area contributed by atoms with Crippen molar-refractivity contribution in [1.82, 2.24) is 0 Å². The summed E-state index contributed by atoms with van der Waals surface area (Å²) in [6.45, 7) is 3.02. The maximum Gasteiger partial charge on any atom is 0.309 e. The predicted octanol–water partition coefficient (Wildman–Crippen LogP) is 0.764. The summed E-state index contributed by atoms with van der Waals surface area (Å²) in [6.07, 6.45) is 1.57. The fourth-order valence-corrected chi connectivity index (χ4v) is 0.526. The lowest BCUT2D eigenvalue weighted by molar-refractivity contribution is -0.148. The second kappa shape index (κ2) is 11.8. The molecule has 0 saturated heterocycles. The Hall–Kier alpha value is -2.30. The first-order valence-corrected chi connectivity index (χ1v) is 4.22. The van der Waals surface area contributed by atoms with E-state index in [1.807, 2.05) is 0 Å². The van der Waals surface area contributed by atoms with Crippen LogP contribution in [-0.2, 0) is 19.2 Å². The average Bonchev–Trinajstić information content (AvgIpc) is 2.17. The van der Waals surface area contributed by atoms with E-state index in [4.69, 9.17) is 30.6 Å². The van der Waals surface area contributed by atoms with Gasteiger partial charge in [0.1, 0.15) is 0 Å². The summed E-state index contributed by atoms with van der Waals surface area (Å²) in [5.41, 5.74) is -0.932. The Morgan fingerprint density at radius 3 is 1.59 bits per heavy atom. The monoisotopic (exact) mass is 246 g/mol. The van der Waals surface area contributed by atoms with Crippen LogP contribution in [0.4, 0.5) is 0 Å². The van der Waals surface area contributed by atoms with Crippen LogP contribution in [0.3, 0.4) is 0 Å². The smallest absolute Gasteiger partial charge is 0.309 e. The predicted molar refractivity (Wildman–Crippen MR) is 55.1 cm³/mol. The van der Waals surface area contributed by atoms with Crippen LogP contribution < -0.4 is 0 Å². The van der Waals surface area contributed by atoms with E-state index in [0.29, 0.717) is 0 Å². The van der Waals surface area contributed by atoms with E-state index >= 15 is 0 Å². The van der Waals surface area contributed by atoms with Crippen molar-refractivity contribution in [1.29, 1.82) is 10.8 Å². The molecule has 0 aliphatic carbocycles. The Balaban J connectivity index is -0.000000273. The van der Waals surface area contributed by atoms with Crippen molar-refractivity contribution in [2.45, 2.75) is 26.7 Å². The molecular formula is C9H14N2O6. The summed E-state index contributed by atoms with van der Waals surface area (Å²) in [5.74, 6) is -1.92. The van der Waals surface area contributed by atoms with E-state index in [2.05, 4.69) is 0 Å². The minimum Gasteiger partial charge on any atom is -0.481 e. The number of rotatable bonds is 4. The highest BCUT2D eigenvalue weighted by Crippen LogP contribution is 2.21. The number of isocyanates is 2. The summed E-state index contributed by atoms with van der Waals surface area (Å²) >= 11 is 0. The van der Waals surface area contributed by atoms with Crippen LogP contribution in [0.25, 0.3) is 0 Å². The van der Waals surface area contributed by atoms with Crippen LogP contribution in [0.1, 0.15) is 26.7 Å². The molecule has 0 aromatic heterocycles. The van der Waals surface area contributed by atoms with Gasteiger partial charge >= 0.3 is 11.9 Å². The summed E-state index contributed by atoms with van der Waals surface area (Å²) in [6, 6.07) is 0. The Morgan fingerprint density at radius 2 is 1.41 bits per heavy atom. The zero-order valence-electron chi connectivity index (χ0n) is 9.44. The Morgan fingerprint density at radius 1 is 1.12 bits per heavy atom. The SMILES string of the molecule is CC(C)(CCC(=O)O)C(=O)O.N=C=O.N=C=O. The molecular weight excluding hydrogens is 232 g/mol. The van der Waals surface area contributed by atoms with Crippen molar-refractivity contribution in [2.24, 2.45) is 5.41 Å². The quantitative estimate of drug-likeness (QED) is 0.423. The van der Waals surface area contributed by atoms with E-state index in [1.54, 1.807) is 0 Å². The maximum atomic E-state index is 10.4.